The first-order valence-corrected chi connectivity index (χ1v) is 17.7. The van der Waals surface area contributed by atoms with Crippen molar-refractivity contribution in [2.75, 3.05) is 19.6 Å². The summed E-state index contributed by atoms with van der Waals surface area (Å²) in [6.07, 6.45) is 11.3. The van der Waals surface area contributed by atoms with Crippen LogP contribution in [-0.2, 0) is 27.8 Å². The van der Waals surface area contributed by atoms with Gasteiger partial charge in [-0.15, -0.1) is 0 Å². The summed E-state index contributed by atoms with van der Waals surface area (Å²) in [6.45, 7) is 6.34. The van der Waals surface area contributed by atoms with Crippen molar-refractivity contribution in [1.82, 2.24) is 9.80 Å². The number of carbonyl (C=O) groups excluding carboxylic acids is 2. The van der Waals surface area contributed by atoms with Crippen LogP contribution in [0.5, 0.6) is 11.5 Å². The summed E-state index contributed by atoms with van der Waals surface area (Å²) >= 11 is 0. The van der Waals surface area contributed by atoms with Crippen LogP contribution in [0.25, 0.3) is 0 Å². The van der Waals surface area contributed by atoms with E-state index in [0.717, 1.165) is 96.0 Å². The van der Waals surface area contributed by atoms with E-state index in [2.05, 4.69) is 53.1 Å². The molecule has 3 fully saturated rings. The molecule has 2 aromatic rings. The summed E-state index contributed by atoms with van der Waals surface area (Å²) in [7, 11) is 0. The van der Waals surface area contributed by atoms with Crippen molar-refractivity contribution in [3.05, 3.63) is 59.2 Å². The molecule has 2 heterocycles. The molecule has 7 atom stereocenters. The van der Waals surface area contributed by atoms with Gasteiger partial charge in [-0.3, -0.25) is 14.5 Å². The number of esters is 1. The number of carbonyl (C=O) groups is 2. The molecule has 2 aliphatic heterocycles. The van der Waals surface area contributed by atoms with Crippen molar-refractivity contribution in [3.63, 3.8) is 0 Å². The van der Waals surface area contributed by atoms with Crippen molar-refractivity contribution < 1.29 is 24.2 Å². The molecule has 3 aliphatic carbocycles. The summed E-state index contributed by atoms with van der Waals surface area (Å²) in [5.74, 6) is 2.01. The number of amides is 1. The Labute approximate surface area is 268 Å². The summed E-state index contributed by atoms with van der Waals surface area (Å²) in [6, 6.07) is 15.1. The van der Waals surface area contributed by atoms with Crippen molar-refractivity contribution in [2.24, 2.45) is 11.8 Å². The monoisotopic (exact) mass is 614 g/mol. The second-order valence-corrected chi connectivity index (χ2v) is 14.4. The molecule has 242 valence electrons. The molecule has 7 rings (SSSR count). The van der Waals surface area contributed by atoms with Crippen LogP contribution in [0.1, 0.15) is 94.7 Å². The summed E-state index contributed by atoms with van der Waals surface area (Å²) < 4.78 is 12.8. The Morgan fingerprint density at radius 2 is 1.91 bits per heavy atom. The zero-order valence-electron chi connectivity index (χ0n) is 27.1. The van der Waals surface area contributed by atoms with Gasteiger partial charge in [0.25, 0.3) is 0 Å². The molecule has 0 radical (unpaired) electrons. The van der Waals surface area contributed by atoms with E-state index >= 15 is 0 Å². The lowest BCUT2D eigenvalue weighted by atomic mass is 9.51. The third kappa shape index (κ3) is 5.69. The van der Waals surface area contributed by atoms with Crippen LogP contribution in [0.15, 0.2) is 42.5 Å². The van der Waals surface area contributed by atoms with Crippen molar-refractivity contribution >= 4 is 11.9 Å². The number of ether oxygens (including phenoxy) is 2. The molecule has 5 aliphatic rings. The van der Waals surface area contributed by atoms with E-state index in [1.54, 1.807) is 0 Å². The Morgan fingerprint density at radius 3 is 2.67 bits per heavy atom. The maximum absolute atomic E-state index is 14.1. The van der Waals surface area contributed by atoms with Crippen molar-refractivity contribution in [3.8, 4) is 11.5 Å². The van der Waals surface area contributed by atoms with Crippen LogP contribution in [0.4, 0.5) is 0 Å². The first-order valence-electron chi connectivity index (χ1n) is 17.7. The van der Waals surface area contributed by atoms with Gasteiger partial charge in [0.05, 0.1) is 12.1 Å². The van der Waals surface area contributed by atoms with Gasteiger partial charge in [0, 0.05) is 49.4 Å². The van der Waals surface area contributed by atoms with Crippen LogP contribution < -0.4 is 9.47 Å². The number of likely N-dealkylation sites (tertiary alicyclic amines) is 1. The number of piperidine rings is 1. The standard InChI is InChI=1S/C38H50N2O5/c1-3-4-20-40(34(43)14-10-6-9-13-26-11-7-5-8-12-26)30-17-16-29-31-22-27-15-18-33(44-25(2)41)36-35(27)38(29,37(30)45-36)19-21-39(31)24-28-23-32(28)42/h5,7-8,11-12,15,18,28-32,37,42H,3-4,6,9-10,13-14,16-17,19-24H2,1-2H3/t28?,29-,30+,31+,32?,37-,38-/m0/s1. The number of hydrogen-bond acceptors (Lipinski definition) is 6. The highest BCUT2D eigenvalue weighted by atomic mass is 16.6. The smallest absolute Gasteiger partial charge is 0.308 e. The van der Waals surface area contributed by atoms with Crippen molar-refractivity contribution in [1.29, 1.82) is 0 Å². The van der Waals surface area contributed by atoms with E-state index in [9.17, 15) is 14.7 Å². The maximum Gasteiger partial charge on any atom is 0.308 e. The molecule has 1 N–H and O–H groups in total. The van der Waals surface area contributed by atoms with E-state index in [-0.39, 0.29) is 35.5 Å². The molecular formula is C38H50N2O5. The van der Waals surface area contributed by atoms with Gasteiger partial charge < -0.3 is 19.5 Å². The molecule has 7 heteroatoms. The lowest BCUT2D eigenvalue weighted by Gasteiger charge is -2.60. The summed E-state index contributed by atoms with van der Waals surface area (Å²) in [4.78, 5) is 31.1. The largest absolute Gasteiger partial charge is 0.483 e. The Balaban J connectivity index is 1.14. The number of nitrogens with zero attached hydrogens (tertiary/aromatic N) is 2. The lowest BCUT2D eigenvalue weighted by Crippen LogP contribution is -2.69. The van der Waals surface area contributed by atoms with E-state index < -0.39 is 0 Å². The van der Waals surface area contributed by atoms with Gasteiger partial charge in [-0.25, -0.2) is 0 Å². The second kappa shape index (κ2) is 12.7. The van der Waals surface area contributed by atoms with E-state index in [4.69, 9.17) is 9.47 Å². The second-order valence-electron chi connectivity index (χ2n) is 14.4. The van der Waals surface area contributed by atoms with Gasteiger partial charge in [-0.05, 0) is 87.4 Å². The number of aliphatic hydroxyl groups excluding tert-OH is 1. The number of rotatable bonds is 13. The molecule has 2 unspecified atom stereocenters. The molecule has 7 nitrogen and oxygen atoms in total. The Kier molecular flexibility index (Phi) is 8.68. The van der Waals surface area contributed by atoms with E-state index in [0.29, 0.717) is 30.0 Å². The molecule has 2 aromatic carbocycles. The zero-order chi connectivity index (χ0) is 31.1. The van der Waals surface area contributed by atoms with Crippen molar-refractivity contribution in [2.45, 2.75) is 121 Å². The Hall–Kier alpha value is -2.90. The number of benzene rings is 2. The fourth-order valence-corrected chi connectivity index (χ4v) is 9.47. The van der Waals surface area contributed by atoms with Crippen LogP contribution >= 0.6 is 0 Å². The van der Waals surface area contributed by atoms with Gasteiger partial charge in [-0.2, -0.15) is 0 Å². The van der Waals surface area contributed by atoms with Gasteiger partial charge >= 0.3 is 5.97 Å². The minimum absolute atomic E-state index is 0.00519. The number of hydrogen-bond donors (Lipinski definition) is 1. The number of aryl methyl sites for hydroxylation is 1. The molecule has 45 heavy (non-hydrogen) atoms. The third-order valence-electron chi connectivity index (χ3n) is 11.7. The van der Waals surface area contributed by atoms with Crippen LogP contribution in [0.2, 0.25) is 0 Å². The van der Waals surface area contributed by atoms with Gasteiger partial charge in [0.2, 0.25) is 5.91 Å². The normalized spacial score (nSPS) is 30.7. The van der Waals surface area contributed by atoms with E-state index in [1.807, 2.05) is 6.07 Å². The van der Waals surface area contributed by atoms with Crippen LogP contribution in [0.3, 0.4) is 0 Å². The predicted octanol–water partition coefficient (Wildman–Crippen LogP) is 5.83. The quantitative estimate of drug-likeness (QED) is 0.174. The van der Waals surface area contributed by atoms with Gasteiger partial charge in [-0.1, -0.05) is 56.2 Å². The topological polar surface area (TPSA) is 79.3 Å². The maximum atomic E-state index is 14.1. The first-order chi connectivity index (χ1) is 21.9. The molecular weight excluding hydrogens is 564 g/mol. The molecule has 0 aromatic heterocycles. The highest BCUT2D eigenvalue weighted by Crippen LogP contribution is 2.64. The SMILES string of the molecule is CCCCN(C(=O)CCCCCc1ccccc1)[C@@H]1CC[C@H]2[C@H]3Cc4ccc(OC(C)=O)c5c4[C@@]2(CCN3CC2CC2O)[C@H]1O5. The van der Waals surface area contributed by atoms with Crippen LogP contribution in [-0.4, -0.2) is 70.7 Å². The fourth-order valence-electron chi connectivity index (χ4n) is 9.47. The van der Waals surface area contributed by atoms with Gasteiger partial charge in [0.15, 0.2) is 11.5 Å². The molecule has 2 bridgehead atoms. The molecule has 2 saturated carbocycles. The first kappa shape index (κ1) is 30.7. The lowest BCUT2D eigenvalue weighted by molar-refractivity contribution is -0.143. The molecule has 1 saturated heterocycles. The number of unbranched alkanes of at least 4 members (excludes halogenated alkanes) is 3. The Bertz CT molecular complexity index is 1400. The molecule has 1 amide bonds. The minimum Gasteiger partial charge on any atom is -0.483 e. The predicted molar refractivity (Wildman–Crippen MR) is 173 cm³/mol. The Morgan fingerprint density at radius 1 is 1.09 bits per heavy atom. The third-order valence-corrected chi connectivity index (χ3v) is 11.7. The van der Waals surface area contributed by atoms with E-state index in [1.165, 1.54) is 23.6 Å². The summed E-state index contributed by atoms with van der Waals surface area (Å²) in [5, 5.41) is 10.2. The van der Waals surface area contributed by atoms with Crippen LogP contribution in [0, 0.1) is 11.8 Å². The fraction of sp³-hybridized carbons (Fsp3) is 0.632. The van der Waals surface area contributed by atoms with Gasteiger partial charge in [0.1, 0.15) is 6.10 Å². The summed E-state index contributed by atoms with van der Waals surface area (Å²) in [5.41, 5.74) is 3.73. The minimum atomic E-state index is -0.339. The zero-order valence-corrected chi connectivity index (χ0v) is 27.1. The average Bonchev–Trinajstić information content (AvgIpc) is 3.61. The highest BCUT2D eigenvalue weighted by molar-refractivity contribution is 5.77. The average molecular weight is 615 g/mol. The molecule has 1 spiro atoms. The number of aliphatic hydroxyl groups is 1. The highest BCUT2D eigenvalue weighted by Gasteiger charge is 2.67.